The third-order valence-electron chi connectivity index (χ3n) is 5.51. The van der Waals surface area contributed by atoms with Gasteiger partial charge in [-0.3, -0.25) is 29.6 Å². The van der Waals surface area contributed by atoms with Crippen molar-refractivity contribution in [3.05, 3.63) is 64.5 Å². The highest BCUT2D eigenvalue weighted by molar-refractivity contribution is 5.92. The third kappa shape index (κ3) is 7.15. The molecule has 39 heavy (non-hydrogen) atoms. The smallest absolute Gasteiger partial charge is 0.418 e. The molecule has 2 heterocycles. The quantitative estimate of drug-likeness (QED) is 0.170. The first-order chi connectivity index (χ1) is 18.4. The third-order valence-corrected chi connectivity index (χ3v) is 5.51. The molecule has 0 aliphatic heterocycles. The highest BCUT2D eigenvalue weighted by Gasteiger charge is 2.27. The van der Waals surface area contributed by atoms with Crippen LogP contribution in [-0.4, -0.2) is 65.2 Å². The molecule has 3 aromatic rings. The number of likely N-dealkylation sites (N-methyl/N-ethyl adjacent to an activating group) is 1. The van der Waals surface area contributed by atoms with Gasteiger partial charge in [0.2, 0.25) is 12.7 Å². The van der Waals surface area contributed by atoms with E-state index in [-0.39, 0.29) is 47.2 Å². The van der Waals surface area contributed by atoms with E-state index in [1.807, 2.05) is 0 Å². The Balaban J connectivity index is 1.60. The van der Waals surface area contributed by atoms with Gasteiger partial charge >= 0.3 is 12.1 Å². The number of nitro benzene ring substituents is 1. The molecule has 1 aromatic carbocycles. The summed E-state index contributed by atoms with van der Waals surface area (Å²) in [6.45, 7) is 4.34. The standard InChI is InChI=1S/C26H29N5O8/c1-26(2,3)24(33)29(4)14-21(32)37-15-17-8-6-13-28-23(17)30(5)25(34)39-16-38-20-11-10-19(31(35)36)18-9-7-12-27-22(18)20/h6-13H,14-16H2,1-5H3. The first-order valence-electron chi connectivity index (χ1n) is 11.8. The van der Waals surface area contributed by atoms with Crippen molar-refractivity contribution in [2.24, 2.45) is 5.41 Å². The fourth-order valence-corrected chi connectivity index (χ4v) is 3.62. The van der Waals surface area contributed by atoms with Gasteiger partial charge in [-0.05, 0) is 24.3 Å². The molecule has 0 radical (unpaired) electrons. The van der Waals surface area contributed by atoms with Crippen molar-refractivity contribution in [2.75, 3.05) is 32.3 Å². The minimum absolute atomic E-state index is 0.127. The average Bonchev–Trinajstić information content (AvgIpc) is 2.90. The molecule has 3 rings (SSSR count). The van der Waals surface area contributed by atoms with Gasteiger partial charge in [0.15, 0.2) is 0 Å². The molecule has 0 saturated carbocycles. The maximum absolute atomic E-state index is 12.7. The number of pyridine rings is 2. The molecule has 0 aliphatic carbocycles. The number of nitrogens with zero attached hydrogens (tertiary/aromatic N) is 5. The van der Waals surface area contributed by atoms with E-state index < -0.39 is 29.2 Å². The number of esters is 1. The summed E-state index contributed by atoms with van der Waals surface area (Å²) in [6.07, 6.45) is 2.12. The zero-order chi connectivity index (χ0) is 28.7. The molecule has 0 saturated heterocycles. The number of benzene rings is 1. The van der Waals surface area contributed by atoms with Gasteiger partial charge in [-0.25, -0.2) is 9.78 Å². The summed E-state index contributed by atoms with van der Waals surface area (Å²) < 4.78 is 16.0. The fraction of sp³-hybridized carbons (Fsp3) is 0.346. The van der Waals surface area contributed by atoms with Crippen LogP contribution in [0.1, 0.15) is 26.3 Å². The number of nitro groups is 1. The lowest BCUT2D eigenvalue weighted by atomic mass is 9.95. The SMILES string of the molecule is CN(CC(=O)OCc1cccnc1N(C)C(=O)OCOc1ccc([N+](=O)[O-])c2cccnc12)C(=O)C(C)(C)C. The number of fused-ring (bicyclic) bond motifs is 1. The second kappa shape index (κ2) is 12.2. The molecular formula is C26H29N5O8. The van der Waals surface area contributed by atoms with Crippen molar-refractivity contribution in [1.29, 1.82) is 0 Å². The average molecular weight is 540 g/mol. The Morgan fingerprint density at radius 3 is 2.38 bits per heavy atom. The Morgan fingerprint density at radius 1 is 1.00 bits per heavy atom. The zero-order valence-corrected chi connectivity index (χ0v) is 22.2. The largest absolute Gasteiger partial charge is 0.459 e. The molecule has 0 spiro atoms. The van der Waals surface area contributed by atoms with Crippen LogP contribution in [0.2, 0.25) is 0 Å². The topological polar surface area (TPSA) is 154 Å². The Labute approximate surface area is 224 Å². The number of hydrogen-bond donors (Lipinski definition) is 0. The molecule has 0 N–H and O–H groups in total. The fourth-order valence-electron chi connectivity index (χ4n) is 3.62. The van der Waals surface area contributed by atoms with E-state index in [1.54, 1.807) is 45.0 Å². The van der Waals surface area contributed by atoms with Crippen molar-refractivity contribution < 1.29 is 33.5 Å². The van der Waals surface area contributed by atoms with Gasteiger partial charge in [0.05, 0.1) is 10.3 Å². The van der Waals surface area contributed by atoms with Gasteiger partial charge in [-0.1, -0.05) is 26.8 Å². The van der Waals surface area contributed by atoms with Crippen LogP contribution in [0, 0.1) is 15.5 Å². The molecule has 0 unspecified atom stereocenters. The second-order valence-corrected chi connectivity index (χ2v) is 9.53. The molecule has 0 fully saturated rings. The van der Waals surface area contributed by atoms with Crippen molar-refractivity contribution >= 4 is 40.4 Å². The van der Waals surface area contributed by atoms with Gasteiger partial charge in [0.1, 0.15) is 30.2 Å². The predicted molar refractivity (Wildman–Crippen MR) is 140 cm³/mol. The Kier molecular flexibility index (Phi) is 8.96. The Bertz CT molecular complexity index is 1390. The maximum atomic E-state index is 12.7. The second-order valence-electron chi connectivity index (χ2n) is 9.53. The molecule has 0 aliphatic rings. The van der Waals surface area contributed by atoms with Crippen LogP contribution >= 0.6 is 0 Å². The monoisotopic (exact) mass is 539 g/mol. The summed E-state index contributed by atoms with van der Waals surface area (Å²) >= 11 is 0. The summed E-state index contributed by atoms with van der Waals surface area (Å²) in [6, 6.07) is 9.03. The van der Waals surface area contributed by atoms with Crippen LogP contribution in [0.3, 0.4) is 0 Å². The number of anilines is 1. The van der Waals surface area contributed by atoms with Crippen LogP contribution in [0.25, 0.3) is 10.9 Å². The van der Waals surface area contributed by atoms with Crippen molar-refractivity contribution in [3.63, 3.8) is 0 Å². The molecule has 0 bridgehead atoms. The van der Waals surface area contributed by atoms with Crippen LogP contribution < -0.4 is 9.64 Å². The molecule has 13 nitrogen and oxygen atoms in total. The van der Waals surface area contributed by atoms with E-state index in [0.29, 0.717) is 5.56 Å². The Hall–Kier alpha value is -4.81. The lowest BCUT2D eigenvalue weighted by molar-refractivity contribution is -0.383. The summed E-state index contributed by atoms with van der Waals surface area (Å²) in [5.74, 6) is -0.430. The highest BCUT2D eigenvalue weighted by atomic mass is 16.7. The predicted octanol–water partition coefficient (Wildman–Crippen LogP) is 3.70. The molecule has 13 heteroatoms. The summed E-state index contributed by atoms with van der Waals surface area (Å²) in [7, 11) is 2.94. The van der Waals surface area contributed by atoms with Crippen LogP contribution in [0.15, 0.2) is 48.8 Å². The minimum Gasteiger partial charge on any atom is -0.459 e. The number of carbonyl (C=O) groups excluding carboxylic acids is 3. The zero-order valence-electron chi connectivity index (χ0n) is 22.2. The lowest BCUT2D eigenvalue weighted by Gasteiger charge is -2.25. The first kappa shape index (κ1) is 28.8. The summed E-state index contributed by atoms with van der Waals surface area (Å²) in [4.78, 5) is 58.7. The van der Waals surface area contributed by atoms with E-state index in [2.05, 4.69) is 9.97 Å². The summed E-state index contributed by atoms with van der Waals surface area (Å²) in [5.41, 5.74) is -0.0835. The number of amides is 2. The summed E-state index contributed by atoms with van der Waals surface area (Å²) in [5, 5.41) is 11.6. The number of hydrogen-bond acceptors (Lipinski definition) is 10. The molecular weight excluding hydrogens is 510 g/mol. The van der Waals surface area contributed by atoms with E-state index >= 15 is 0 Å². The van der Waals surface area contributed by atoms with Crippen molar-refractivity contribution in [3.8, 4) is 5.75 Å². The van der Waals surface area contributed by atoms with E-state index in [0.717, 1.165) is 4.90 Å². The number of non-ortho nitro benzene ring substituents is 1. The molecule has 206 valence electrons. The van der Waals surface area contributed by atoms with Gasteiger partial charge in [0.25, 0.3) is 5.69 Å². The number of carbonyl (C=O) groups is 3. The highest BCUT2D eigenvalue weighted by Crippen LogP contribution is 2.31. The maximum Gasteiger partial charge on any atom is 0.418 e. The van der Waals surface area contributed by atoms with Gasteiger partial charge in [-0.2, -0.15) is 0 Å². The van der Waals surface area contributed by atoms with E-state index in [4.69, 9.17) is 14.2 Å². The number of ether oxygens (including phenoxy) is 3. The lowest BCUT2D eigenvalue weighted by Crippen LogP contribution is -2.40. The first-order valence-corrected chi connectivity index (χ1v) is 11.8. The minimum atomic E-state index is -0.809. The molecule has 2 amide bonds. The van der Waals surface area contributed by atoms with Gasteiger partial charge in [-0.15, -0.1) is 0 Å². The van der Waals surface area contributed by atoms with Gasteiger partial charge in [0, 0.05) is 43.5 Å². The number of aromatic nitrogens is 2. The molecule has 0 atom stereocenters. The van der Waals surface area contributed by atoms with Crippen LogP contribution in [0.5, 0.6) is 5.75 Å². The Morgan fingerprint density at radius 2 is 1.69 bits per heavy atom. The van der Waals surface area contributed by atoms with Crippen LogP contribution in [0.4, 0.5) is 16.3 Å². The van der Waals surface area contributed by atoms with Crippen molar-refractivity contribution in [2.45, 2.75) is 27.4 Å². The van der Waals surface area contributed by atoms with Crippen molar-refractivity contribution in [1.82, 2.24) is 14.9 Å². The van der Waals surface area contributed by atoms with Crippen LogP contribution in [-0.2, 0) is 25.7 Å². The number of rotatable bonds is 9. The van der Waals surface area contributed by atoms with E-state index in [1.165, 1.54) is 43.5 Å². The van der Waals surface area contributed by atoms with E-state index in [9.17, 15) is 24.5 Å². The normalized spacial score (nSPS) is 11.0. The van der Waals surface area contributed by atoms with Gasteiger partial charge < -0.3 is 19.1 Å². The molecule has 2 aromatic heterocycles.